The highest BCUT2D eigenvalue weighted by Crippen LogP contribution is 2.47. The van der Waals surface area contributed by atoms with Gasteiger partial charge in [0.25, 0.3) is 0 Å². The molecule has 94 valence electrons. The van der Waals surface area contributed by atoms with Crippen LogP contribution in [0.25, 0.3) is 0 Å². The highest BCUT2D eigenvalue weighted by atomic mass is 16.5. The number of benzene rings is 2. The van der Waals surface area contributed by atoms with E-state index in [1.54, 1.807) is 0 Å². The number of para-hydroxylation sites is 1. The lowest BCUT2D eigenvalue weighted by molar-refractivity contribution is 0.153. The smallest absolute Gasteiger partial charge is 0.124 e. The zero-order chi connectivity index (χ0) is 12.7. The van der Waals surface area contributed by atoms with Crippen LogP contribution >= 0.6 is 0 Å². The average Bonchev–Trinajstić information content (AvgIpc) is 2.93. The van der Waals surface area contributed by atoms with Gasteiger partial charge in [-0.15, -0.1) is 0 Å². The van der Waals surface area contributed by atoms with E-state index in [1.807, 2.05) is 0 Å². The Morgan fingerprint density at radius 2 is 1.68 bits per heavy atom. The van der Waals surface area contributed by atoms with Crippen molar-refractivity contribution < 1.29 is 4.74 Å². The molecule has 1 heterocycles. The van der Waals surface area contributed by atoms with E-state index in [9.17, 15) is 0 Å². The third-order valence-electron chi connectivity index (χ3n) is 4.26. The number of fused-ring (bicyclic) bond motifs is 2. The molecular weight excluding hydrogens is 232 g/mol. The van der Waals surface area contributed by atoms with Crippen LogP contribution in [0.1, 0.15) is 23.5 Å². The van der Waals surface area contributed by atoms with Gasteiger partial charge in [-0.2, -0.15) is 0 Å². The van der Waals surface area contributed by atoms with Gasteiger partial charge >= 0.3 is 0 Å². The molecule has 0 fully saturated rings. The molecule has 2 aromatic rings. The Labute approximate surface area is 113 Å². The summed E-state index contributed by atoms with van der Waals surface area (Å²) in [5, 5.41) is 0. The van der Waals surface area contributed by atoms with Gasteiger partial charge in [-0.3, -0.25) is 0 Å². The van der Waals surface area contributed by atoms with Crippen LogP contribution in [-0.2, 0) is 0 Å². The van der Waals surface area contributed by atoms with Crippen molar-refractivity contribution in [3.63, 3.8) is 0 Å². The van der Waals surface area contributed by atoms with Crippen LogP contribution in [0, 0.1) is 5.92 Å². The number of allylic oxidation sites excluding steroid dienone is 1. The van der Waals surface area contributed by atoms with Crippen LogP contribution in [0.4, 0.5) is 0 Å². The van der Waals surface area contributed by atoms with E-state index in [4.69, 9.17) is 4.74 Å². The Morgan fingerprint density at radius 1 is 0.895 bits per heavy atom. The molecule has 1 aliphatic carbocycles. The summed E-state index contributed by atoms with van der Waals surface area (Å²) in [4.78, 5) is 0. The van der Waals surface area contributed by atoms with Crippen molar-refractivity contribution in [2.45, 2.75) is 18.4 Å². The fraction of sp³-hybridized carbons (Fsp3) is 0.222. The zero-order valence-electron chi connectivity index (χ0n) is 10.7. The van der Waals surface area contributed by atoms with E-state index in [2.05, 4.69) is 66.7 Å². The lowest BCUT2D eigenvalue weighted by Crippen LogP contribution is -2.32. The minimum atomic E-state index is 0.236. The number of hydrogen-bond donors (Lipinski definition) is 0. The molecule has 0 saturated carbocycles. The predicted molar refractivity (Wildman–Crippen MR) is 76.4 cm³/mol. The van der Waals surface area contributed by atoms with Crippen LogP contribution in [0.15, 0.2) is 66.7 Å². The second kappa shape index (κ2) is 4.27. The van der Waals surface area contributed by atoms with Crippen molar-refractivity contribution in [1.82, 2.24) is 0 Å². The summed E-state index contributed by atoms with van der Waals surface area (Å²) in [6.45, 7) is 0. The maximum atomic E-state index is 6.12. The normalized spacial score (nSPS) is 27.5. The molecule has 2 aliphatic rings. The van der Waals surface area contributed by atoms with Crippen LogP contribution in [-0.4, -0.2) is 6.10 Å². The lowest BCUT2D eigenvalue weighted by Gasteiger charge is -2.36. The van der Waals surface area contributed by atoms with Crippen molar-refractivity contribution in [2.24, 2.45) is 5.92 Å². The molecule has 1 nitrogen and oxygen atoms in total. The van der Waals surface area contributed by atoms with E-state index in [0.29, 0.717) is 11.8 Å². The summed E-state index contributed by atoms with van der Waals surface area (Å²) >= 11 is 0. The van der Waals surface area contributed by atoms with Crippen LogP contribution in [0.3, 0.4) is 0 Å². The molecule has 0 amide bonds. The fourth-order valence-corrected chi connectivity index (χ4v) is 3.41. The molecule has 4 rings (SSSR count). The Balaban J connectivity index is 1.87. The van der Waals surface area contributed by atoms with Crippen molar-refractivity contribution in [2.75, 3.05) is 0 Å². The van der Waals surface area contributed by atoms with Gasteiger partial charge in [-0.25, -0.2) is 0 Å². The molecule has 0 bridgehead atoms. The third-order valence-corrected chi connectivity index (χ3v) is 4.26. The largest absolute Gasteiger partial charge is 0.486 e. The minimum absolute atomic E-state index is 0.236. The average molecular weight is 248 g/mol. The standard InChI is InChI=1S/C18H16O/c1-2-7-13(8-3-1)18-14-9-4-5-11-16(14)19-17-12-6-10-15(17)18/h1-9,11-12,15,17-18H,10H2/t15-,17+,18+/m0/s1. The Hall–Kier alpha value is -2.02. The van der Waals surface area contributed by atoms with Gasteiger partial charge in [0.2, 0.25) is 0 Å². The number of ether oxygens (including phenoxy) is 1. The Morgan fingerprint density at radius 3 is 2.58 bits per heavy atom. The van der Waals surface area contributed by atoms with E-state index >= 15 is 0 Å². The van der Waals surface area contributed by atoms with Gasteiger partial charge in [0.1, 0.15) is 11.9 Å². The highest BCUT2D eigenvalue weighted by molar-refractivity contribution is 5.46. The first-order valence-corrected chi connectivity index (χ1v) is 6.91. The van der Waals surface area contributed by atoms with Gasteiger partial charge in [-0.1, -0.05) is 54.6 Å². The Kier molecular flexibility index (Phi) is 2.44. The summed E-state index contributed by atoms with van der Waals surface area (Å²) in [5.41, 5.74) is 2.73. The monoisotopic (exact) mass is 248 g/mol. The van der Waals surface area contributed by atoms with E-state index < -0.39 is 0 Å². The van der Waals surface area contributed by atoms with Gasteiger partial charge in [0.15, 0.2) is 0 Å². The maximum Gasteiger partial charge on any atom is 0.124 e. The molecule has 0 radical (unpaired) electrons. The molecular formula is C18H16O. The SMILES string of the molecule is C1=C[C@H]2Oc3ccccc3[C@@H](c3ccccc3)[C@H]2C1. The number of rotatable bonds is 1. The lowest BCUT2D eigenvalue weighted by atomic mass is 9.76. The molecule has 1 heteroatoms. The summed E-state index contributed by atoms with van der Waals surface area (Å²) < 4.78 is 6.12. The molecule has 0 saturated heterocycles. The molecule has 3 atom stereocenters. The predicted octanol–water partition coefficient (Wildman–Crippen LogP) is 4.16. The summed E-state index contributed by atoms with van der Waals surface area (Å²) in [7, 11) is 0. The van der Waals surface area contributed by atoms with Gasteiger partial charge in [0, 0.05) is 17.4 Å². The van der Waals surface area contributed by atoms with E-state index in [0.717, 1.165) is 12.2 Å². The number of hydrogen-bond acceptors (Lipinski definition) is 1. The molecule has 2 aromatic carbocycles. The van der Waals surface area contributed by atoms with Crippen LogP contribution in [0.5, 0.6) is 5.75 Å². The molecule has 0 spiro atoms. The van der Waals surface area contributed by atoms with Gasteiger partial charge in [0.05, 0.1) is 0 Å². The van der Waals surface area contributed by atoms with Crippen LogP contribution < -0.4 is 4.74 Å². The first-order chi connectivity index (χ1) is 9.43. The second-order valence-electron chi connectivity index (χ2n) is 5.34. The third kappa shape index (κ3) is 1.69. The molecule has 0 aromatic heterocycles. The quantitative estimate of drug-likeness (QED) is 0.689. The Bertz CT molecular complexity index is 615. The van der Waals surface area contributed by atoms with Crippen molar-refractivity contribution in [3.8, 4) is 5.75 Å². The summed E-state index contributed by atoms with van der Waals surface area (Å²) in [5.74, 6) is 2.03. The first kappa shape index (κ1) is 10.9. The molecule has 19 heavy (non-hydrogen) atoms. The van der Waals surface area contributed by atoms with Gasteiger partial charge < -0.3 is 4.74 Å². The molecule has 0 N–H and O–H groups in total. The zero-order valence-corrected chi connectivity index (χ0v) is 10.7. The van der Waals surface area contributed by atoms with Crippen LogP contribution in [0.2, 0.25) is 0 Å². The van der Waals surface area contributed by atoms with Crippen molar-refractivity contribution in [3.05, 3.63) is 77.9 Å². The second-order valence-corrected chi connectivity index (χ2v) is 5.34. The van der Waals surface area contributed by atoms with Crippen molar-refractivity contribution >= 4 is 0 Å². The van der Waals surface area contributed by atoms with Gasteiger partial charge in [-0.05, 0) is 24.1 Å². The topological polar surface area (TPSA) is 9.23 Å². The molecule has 0 unspecified atom stereocenters. The summed E-state index contributed by atoms with van der Waals surface area (Å²) in [6.07, 6.45) is 5.83. The summed E-state index contributed by atoms with van der Waals surface area (Å²) in [6, 6.07) is 19.3. The molecule has 1 aliphatic heterocycles. The minimum Gasteiger partial charge on any atom is -0.486 e. The fourth-order valence-electron chi connectivity index (χ4n) is 3.41. The highest BCUT2D eigenvalue weighted by Gasteiger charge is 2.39. The first-order valence-electron chi connectivity index (χ1n) is 6.91. The maximum absolute atomic E-state index is 6.12. The van der Waals surface area contributed by atoms with Crippen molar-refractivity contribution in [1.29, 1.82) is 0 Å². The van der Waals surface area contributed by atoms with E-state index in [-0.39, 0.29) is 6.10 Å². The van der Waals surface area contributed by atoms with E-state index in [1.165, 1.54) is 11.1 Å².